The molecule has 0 unspecified atom stereocenters. The Morgan fingerprint density at radius 2 is 1.88 bits per heavy atom. The van der Waals surface area contributed by atoms with E-state index in [-0.39, 0.29) is 17.9 Å². The fourth-order valence-corrected chi connectivity index (χ4v) is 6.90. The van der Waals surface area contributed by atoms with Crippen molar-refractivity contribution in [3.63, 3.8) is 0 Å². The van der Waals surface area contributed by atoms with Crippen LogP contribution in [0.1, 0.15) is 43.9 Å². The molecule has 0 amide bonds. The van der Waals surface area contributed by atoms with Crippen LogP contribution in [-0.4, -0.2) is 49.4 Å². The molecule has 3 aromatic rings. The van der Waals surface area contributed by atoms with Gasteiger partial charge in [0.25, 0.3) is 11.2 Å². The number of aromatic nitrogens is 1. The van der Waals surface area contributed by atoms with E-state index in [0.29, 0.717) is 42.1 Å². The lowest BCUT2D eigenvalue weighted by molar-refractivity contribution is -0.384. The normalized spacial score (nSPS) is 16.7. The van der Waals surface area contributed by atoms with E-state index in [2.05, 4.69) is 25.8 Å². The molecule has 0 bridgehead atoms. The van der Waals surface area contributed by atoms with Gasteiger partial charge in [-0.2, -0.15) is 0 Å². The SMILES string of the molecule is CCOC(=O)C1=C(C)N=c2sc(=Cc3cc([N+](=O)[O-])ccc3N3CCCC3)c(=O)n2[C@@H]1c1cc(OC)c(OC)cc1Br. The summed E-state index contributed by atoms with van der Waals surface area (Å²) in [7, 11) is 3.02. The highest BCUT2D eigenvalue weighted by Gasteiger charge is 2.35. The van der Waals surface area contributed by atoms with E-state index in [4.69, 9.17) is 14.2 Å². The molecular weight excluding hydrogens is 628 g/mol. The van der Waals surface area contributed by atoms with Crippen LogP contribution < -0.4 is 29.3 Å². The highest BCUT2D eigenvalue weighted by Crippen LogP contribution is 2.41. The summed E-state index contributed by atoms with van der Waals surface area (Å²) in [6.07, 6.45) is 3.72. The number of methoxy groups -OCH3 is 2. The van der Waals surface area contributed by atoms with Crippen molar-refractivity contribution in [2.24, 2.45) is 4.99 Å². The second kappa shape index (κ2) is 12.1. The topological polar surface area (TPSA) is 126 Å². The van der Waals surface area contributed by atoms with Crippen molar-refractivity contribution in [1.82, 2.24) is 4.57 Å². The minimum atomic E-state index is -0.889. The molecule has 220 valence electrons. The van der Waals surface area contributed by atoms with Gasteiger partial charge >= 0.3 is 5.97 Å². The molecule has 0 aliphatic carbocycles. The van der Waals surface area contributed by atoms with Crippen molar-refractivity contribution in [1.29, 1.82) is 0 Å². The molecule has 0 N–H and O–H groups in total. The highest BCUT2D eigenvalue weighted by molar-refractivity contribution is 9.10. The second-order valence-electron chi connectivity index (χ2n) is 9.73. The lowest BCUT2D eigenvalue weighted by Crippen LogP contribution is -2.40. The number of ether oxygens (including phenoxy) is 3. The molecule has 13 heteroatoms. The number of nitrogens with zero attached hydrogens (tertiary/aromatic N) is 4. The number of non-ortho nitro benzene ring substituents is 1. The van der Waals surface area contributed by atoms with E-state index >= 15 is 0 Å². The fourth-order valence-electron chi connectivity index (χ4n) is 5.32. The summed E-state index contributed by atoms with van der Waals surface area (Å²) in [5, 5.41) is 11.6. The van der Waals surface area contributed by atoms with Gasteiger partial charge in [-0.15, -0.1) is 0 Å². The first-order chi connectivity index (χ1) is 20.2. The lowest BCUT2D eigenvalue weighted by Gasteiger charge is -2.26. The standard InChI is InChI=1S/C29H29BrN4O7S/c1-5-41-28(36)25-16(2)31-29-33(26(25)19-14-22(39-3)23(40-4)15-20(19)30)27(35)24(42-29)13-17-12-18(34(37)38)8-9-21(17)32-10-6-7-11-32/h8-9,12-15,26H,5-7,10-11H2,1-4H3/t26-/m1/s1. The predicted molar refractivity (Wildman–Crippen MR) is 162 cm³/mol. The first-order valence-electron chi connectivity index (χ1n) is 13.3. The Balaban J connectivity index is 1.77. The number of carbonyl (C=O) groups is 1. The molecule has 3 heterocycles. The smallest absolute Gasteiger partial charge is 0.338 e. The predicted octanol–water partition coefficient (Wildman–Crippen LogP) is 4.09. The number of nitro groups is 1. The van der Waals surface area contributed by atoms with Gasteiger partial charge < -0.3 is 19.1 Å². The maximum Gasteiger partial charge on any atom is 0.338 e. The quantitative estimate of drug-likeness (QED) is 0.202. The molecule has 42 heavy (non-hydrogen) atoms. The molecule has 5 rings (SSSR count). The van der Waals surface area contributed by atoms with Crippen LogP contribution in [0.3, 0.4) is 0 Å². The van der Waals surface area contributed by atoms with Crippen LogP contribution in [0.5, 0.6) is 11.5 Å². The first-order valence-corrected chi connectivity index (χ1v) is 14.9. The van der Waals surface area contributed by atoms with E-state index in [9.17, 15) is 19.7 Å². The third kappa shape index (κ3) is 5.34. The second-order valence-corrected chi connectivity index (χ2v) is 11.6. The van der Waals surface area contributed by atoms with Gasteiger partial charge in [-0.05, 0) is 56.5 Å². The molecule has 11 nitrogen and oxygen atoms in total. The van der Waals surface area contributed by atoms with Gasteiger partial charge in [0.1, 0.15) is 0 Å². The van der Waals surface area contributed by atoms with E-state index in [0.717, 1.165) is 43.0 Å². The number of carbonyl (C=O) groups excluding carboxylic acids is 1. The molecule has 2 aliphatic rings. The third-order valence-corrected chi connectivity index (χ3v) is 8.94. The highest BCUT2D eigenvalue weighted by atomic mass is 79.9. The van der Waals surface area contributed by atoms with Gasteiger partial charge in [0.2, 0.25) is 0 Å². The van der Waals surface area contributed by atoms with E-state index in [1.54, 1.807) is 38.1 Å². The molecule has 0 spiro atoms. The molecule has 1 saturated heterocycles. The largest absolute Gasteiger partial charge is 0.493 e. The minimum absolute atomic E-state index is 0.0652. The van der Waals surface area contributed by atoms with E-state index in [1.165, 1.54) is 30.9 Å². The van der Waals surface area contributed by atoms with Gasteiger partial charge in [-0.1, -0.05) is 27.3 Å². The number of esters is 1. The van der Waals surface area contributed by atoms with Gasteiger partial charge in [-0.25, -0.2) is 9.79 Å². The van der Waals surface area contributed by atoms with E-state index < -0.39 is 22.5 Å². The van der Waals surface area contributed by atoms with Crippen molar-refractivity contribution in [2.75, 3.05) is 38.8 Å². The maximum absolute atomic E-state index is 14.2. The lowest BCUT2D eigenvalue weighted by atomic mass is 9.95. The minimum Gasteiger partial charge on any atom is -0.493 e. The Morgan fingerprint density at radius 3 is 2.52 bits per heavy atom. The first kappa shape index (κ1) is 29.5. The van der Waals surface area contributed by atoms with Crippen molar-refractivity contribution < 1.29 is 23.9 Å². The zero-order chi connectivity index (χ0) is 30.1. The Kier molecular flexibility index (Phi) is 8.50. The van der Waals surface area contributed by atoms with Crippen LogP contribution >= 0.6 is 27.3 Å². The Hall–Kier alpha value is -3.97. The number of benzene rings is 2. The number of fused-ring (bicyclic) bond motifs is 1. The van der Waals surface area contributed by atoms with Crippen molar-refractivity contribution in [3.05, 3.63) is 87.0 Å². The number of hydrogen-bond donors (Lipinski definition) is 0. The van der Waals surface area contributed by atoms with Gasteiger partial charge in [0.05, 0.1) is 47.6 Å². The zero-order valence-electron chi connectivity index (χ0n) is 23.5. The third-order valence-electron chi connectivity index (χ3n) is 7.27. The Labute approximate surface area is 253 Å². The maximum atomic E-state index is 14.2. The van der Waals surface area contributed by atoms with Gasteiger partial charge in [-0.3, -0.25) is 19.5 Å². The van der Waals surface area contributed by atoms with Crippen LogP contribution in [0, 0.1) is 10.1 Å². The molecule has 1 aromatic heterocycles. The average molecular weight is 658 g/mol. The van der Waals surface area contributed by atoms with Crippen LogP contribution in [0.15, 0.2) is 55.9 Å². The molecule has 2 aliphatic heterocycles. The number of nitro benzene ring substituents is 1. The van der Waals surface area contributed by atoms with Crippen LogP contribution in [0.2, 0.25) is 0 Å². The van der Waals surface area contributed by atoms with Crippen molar-refractivity contribution in [3.8, 4) is 11.5 Å². The van der Waals surface area contributed by atoms with Crippen LogP contribution in [-0.2, 0) is 9.53 Å². The molecule has 0 radical (unpaired) electrons. The number of hydrogen-bond acceptors (Lipinski definition) is 10. The monoisotopic (exact) mass is 656 g/mol. The summed E-state index contributed by atoms with van der Waals surface area (Å²) in [5.41, 5.74) is 2.15. The van der Waals surface area contributed by atoms with Crippen molar-refractivity contribution in [2.45, 2.75) is 32.7 Å². The van der Waals surface area contributed by atoms with Crippen LogP contribution in [0.25, 0.3) is 6.08 Å². The zero-order valence-corrected chi connectivity index (χ0v) is 25.9. The average Bonchev–Trinajstić information content (AvgIpc) is 3.60. The molecule has 1 fully saturated rings. The van der Waals surface area contributed by atoms with Gasteiger partial charge in [0, 0.05) is 40.9 Å². The molecule has 1 atom stereocenters. The molecule has 0 saturated carbocycles. The van der Waals surface area contributed by atoms with Gasteiger partial charge in [0.15, 0.2) is 16.3 Å². The Bertz CT molecular complexity index is 1790. The summed E-state index contributed by atoms with van der Waals surface area (Å²) in [5.74, 6) is 0.302. The van der Waals surface area contributed by atoms with Crippen molar-refractivity contribution >= 4 is 50.7 Å². The summed E-state index contributed by atoms with van der Waals surface area (Å²) >= 11 is 4.76. The number of allylic oxidation sites excluding steroid dienone is 1. The number of anilines is 1. The fraction of sp³-hybridized carbons (Fsp3) is 0.345. The summed E-state index contributed by atoms with van der Waals surface area (Å²) in [6.45, 7) is 5.22. The summed E-state index contributed by atoms with van der Waals surface area (Å²) in [4.78, 5) is 45.8. The summed E-state index contributed by atoms with van der Waals surface area (Å²) < 4.78 is 18.7. The number of thiazole rings is 1. The summed E-state index contributed by atoms with van der Waals surface area (Å²) in [6, 6.07) is 7.25. The number of rotatable bonds is 8. The van der Waals surface area contributed by atoms with E-state index in [1.807, 2.05) is 0 Å². The van der Waals surface area contributed by atoms with Crippen LogP contribution in [0.4, 0.5) is 11.4 Å². The molecular formula is C29H29BrN4O7S. The number of halogens is 1. The Morgan fingerprint density at radius 1 is 1.19 bits per heavy atom. The molecule has 2 aromatic carbocycles.